The molecule has 0 atom stereocenters. The Hall–Kier alpha value is -3.58. The molecule has 0 unspecified atom stereocenters. The monoisotopic (exact) mass is 455 g/mol. The normalized spacial score (nSPS) is 16.6. The van der Waals surface area contributed by atoms with Gasteiger partial charge in [0.1, 0.15) is 5.75 Å². The lowest BCUT2D eigenvalue weighted by molar-refractivity contribution is -0.134. The second kappa shape index (κ2) is 9.73. The smallest absolute Gasteiger partial charge is 0.321 e. The third kappa shape index (κ3) is 4.99. The van der Waals surface area contributed by atoms with Crippen molar-refractivity contribution < 1.29 is 9.53 Å². The van der Waals surface area contributed by atoms with E-state index in [9.17, 15) is 4.79 Å². The fourth-order valence-electron chi connectivity index (χ4n) is 4.57. The van der Waals surface area contributed by atoms with Crippen LogP contribution in [0, 0.1) is 5.92 Å². The number of ether oxygens (including phenoxy) is 1. The van der Waals surface area contributed by atoms with Gasteiger partial charge in [-0.15, -0.1) is 0 Å². The van der Waals surface area contributed by atoms with Gasteiger partial charge in [-0.25, -0.2) is 9.97 Å². The van der Waals surface area contributed by atoms with Crippen LogP contribution < -0.4 is 4.74 Å². The molecule has 34 heavy (non-hydrogen) atoms. The van der Waals surface area contributed by atoms with Gasteiger partial charge in [0, 0.05) is 50.7 Å². The average Bonchev–Trinajstić information content (AvgIpc) is 3.40. The van der Waals surface area contributed by atoms with Gasteiger partial charge in [-0.1, -0.05) is 18.2 Å². The highest BCUT2D eigenvalue weighted by Crippen LogP contribution is 2.27. The number of rotatable bonds is 6. The summed E-state index contributed by atoms with van der Waals surface area (Å²) in [6.07, 6.45) is 9.19. The Balaban J connectivity index is 1.20. The minimum Gasteiger partial charge on any atom is -0.424 e. The molecular weight excluding hydrogens is 426 g/mol. The highest BCUT2D eigenvalue weighted by molar-refractivity contribution is 5.89. The third-order valence-corrected chi connectivity index (χ3v) is 6.51. The maximum Gasteiger partial charge on any atom is 0.321 e. The number of aliphatic imine (C=N–C) groups is 1. The molecule has 1 aromatic heterocycles. The van der Waals surface area contributed by atoms with Crippen LogP contribution >= 0.6 is 0 Å². The minimum atomic E-state index is 0.162. The Kier molecular flexibility index (Phi) is 6.36. The second-order valence-electron chi connectivity index (χ2n) is 9.16. The maximum absolute atomic E-state index is 12.2. The van der Waals surface area contributed by atoms with E-state index in [1.165, 1.54) is 10.9 Å². The van der Waals surface area contributed by atoms with E-state index >= 15 is 0 Å². The SMILES string of the molecule is CN(C)C(=O)C1CCN(Cc2ccc3cc(Oc4ncc(C5=CC=NC5)cn4)ccc3c2)CC1. The van der Waals surface area contributed by atoms with Crippen molar-refractivity contribution in [1.82, 2.24) is 19.8 Å². The largest absolute Gasteiger partial charge is 0.424 e. The van der Waals surface area contributed by atoms with Gasteiger partial charge in [-0.05, 0) is 72.1 Å². The van der Waals surface area contributed by atoms with Crippen molar-refractivity contribution in [2.75, 3.05) is 33.7 Å². The Morgan fingerprint density at radius 1 is 1.06 bits per heavy atom. The quantitative estimate of drug-likeness (QED) is 0.557. The van der Waals surface area contributed by atoms with Crippen molar-refractivity contribution in [3.05, 3.63) is 66.0 Å². The van der Waals surface area contributed by atoms with E-state index in [4.69, 9.17) is 4.74 Å². The van der Waals surface area contributed by atoms with Gasteiger partial charge in [0.15, 0.2) is 0 Å². The molecule has 0 bridgehead atoms. The van der Waals surface area contributed by atoms with Gasteiger partial charge in [-0.3, -0.25) is 14.7 Å². The highest BCUT2D eigenvalue weighted by atomic mass is 16.5. The number of hydrogen-bond acceptors (Lipinski definition) is 6. The molecule has 0 N–H and O–H groups in total. The van der Waals surface area contributed by atoms with Crippen LogP contribution in [0.3, 0.4) is 0 Å². The number of carbonyl (C=O) groups excluding carboxylic acids is 1. The summed E-state index contributed by atoms with van der Waals surface area (Å²) in [6, 6.07) is 12.9. The number of nitrogens with zero attached hydrogens (tertiary/aromatic N) is 5. The zero-order valence-corrected chi connectivity index (χ0v) is 19.6. The average molecular weight is 456 g/mol. The number of fused-ring (bicyclic) bond motifs is 1. The van der Waals surface area contributed by atoms with Gasteiger partial charge in [0.2, 0.25) is 5.91 Å². The number of aromatic nitrogens is 2. The van der Waals surface area contributed by atoms with E-state index in [0.717, 1.165) is 49.0 Å². The molecule has 7 heteroatoms. The first kappa shape index (κ1) is 22.2. The van der Waals surface area contributed by atoms with E-state index in [0.29, 0.717) is 18.3 Å². The second-order valence-corrected chi connectivity index (χ2v) is 9.16. The van der Waals surface area contributed by atoms with Crippen LogP contribution in [0.2, 0.25) is 0 Å². The van der Waals surface area contributed by atoms with E-state index < -0.39 is 0 Å². The fraction of sp³-hybridized carbons (Fsp3) is 0.333. The van der Waals surface area contributed by atoms with Crippen LogP contribution in [0.25, 0.3) is 16.3 Å². The topological polar surface area (TPSA) is 70.9 Å². The van der Waals surface area contributed by atoms with E-state index in [2.05, 4.69) is 44.1 Å². The molecule has 0 saturated carbocycles. The molecular formula is C27H29N5O2. The zero-order valence-electron chi connectivity index (χ0n) is 19.6. The number of carbonyl (C=O) groups is 1. The molecule has 1 saturated heterocycles. The zero-order chi connectivity index (χ0) is 23.5. The summed E-state index contributed by atoms with van der Waals surface area (Å²) >= 11 is 0. The van der Waals surface area contributed by atoms with Gasteiger partial charge in [0.25, 0.3) is 0 Å². The van der Waals surface area contributed by atoms with Gasteiger partial charge in [-0.2, -0.15) is 0 Å². The molecule has 2 aliphatic heterocycles. The van der Waals surface area contributed by atoms with Crippen molar-refractivity contribution in [1.29, 1.82) is 0 Å². The molecule has 5 rings (SSSR count). The van der Waals surface area contributed by atoms with Crippen LogP contribution in [-0.2, 0) is 11.3 Å². The molecule has 3 heterocycles. The lowest BCUT2D eigenvalue weighted by atomic mass is 9.95. The molecule has 1 amide bonds. The number of piperidine rings is 1. The molecule has 2 aliphatic rings. The lowest BCUT2D eigenvalue weighted by Gasteiger charge is -2.32. The standard InChI is InChI=1S/C27H29N5O2/c1-31(2)26(33)20-8-11-32(12-9-20)18-19-3-4-22-14-25(6-5-21(22)13-19)34-27-29-16-24(17-30-27)23-7-10-28-15-23/h3-7,10,13-14,16-17,20H,8-9,11-12,15,18H2,1-2H3. The lowest BCUT2D eigenvalue weighted by Crippen LogP contribution is -2.39. The fourth-order valence-corrected chi connectivity index (χ4v) is 4.57. The highest BCUT2D eigenvalue weighted by Gasteiger charge is 2.25. The molecule has 1 fully saturated rings. The number of allylic oxidation sites excluding steroid dienone is 1. The maximum atomic E-state index is 12.2. The van der Waals surface area contributed by atoms with Crippen molar-refractivity contribution in [2.45, 2.75) is 19.4 Å². The summed E-state index contributed by atoms with van der Waals surface area (Å²) in [6.45, 7) is 3.49. The van der Waals surface area contributed by atoms with E-state index in [1.54, 1.807) is 23.5 Å². The Morgan fingerprint density at radius 2 is 1.79 bits per heavy atom. The minimum absolute atomic E-state index is 0.162. The molecule has 2 aromatic carbocycles. The van der Waals surface area contributed by atoms with Crippen molar-refractivity contribution >= 4 is 28.5 Å². The molecule has 0 spiro atoms. The first-order chi connectivity index (χ1) is 16.5. The Bertz CT molecular complexity index is 1240. The molecule has 174 valence electrons. The van der Waals surface area contributed by atoms with Crippen molar-refractivity contribution in [3.63, 3.8) is 0 Å². The van der Waals surface area contributed by atoms with Crippen LogP contribution in [0.1, 0.15) is 24.0 Å². The van der Waals surface area contributed by atoms with Crippen molar-refractivity contribution in [3.8, 4) is 11.8 Å². The van der Waals surface area contributed by atoms with Crippen LogP contribution in [0.4, 0.5) is 0 Å². The van der Waals surface area contributed by atoms with Crippen LogP contribution in [0.15, 0.2) is 59.9 Å². The van der Waals surface area contributed by atoms with Gasteiger partial charge in [0.05, 0.1) is 6.54 Å². The molecule has 0 aliphatic carbocycles. The van der Waals surface area contributed by atoms with Gasteiger partial charge >= 0.3 is 6.01 Å². The van der Waals surface area contributed by atoms with E-state index in [-0.39, 0.29) is 11.8 Å². The molecule has 0 radical (unpaired) electrons. The summed E-state index contributed by atoms with van der Waals surface area (Å²) in [4.78, 5) is 29.2. The molecule has 7 nitrogen and oxygen atoms in total. The first-order valence-corrected chi connectivity index (χ1v) is 11.7. The van der Waals surface area contributed by atoms with Crippen LogP contribution in [-0.4, -0.2) is 65.6 Å². The summed E-state index contributed by atoms with van der Waals surface area (Å²) in [7, 11) is 3.68. The first-order valence-electron chi connectivity index (χ1n) is 11.7. The Morgan fingerprint density at radius 3 is 2.50 bits per heavy atom. The number of benzene rings is 2. The predicted octanol–water partition coefficient (Wildman–Crippen LogP) is 4.19. The molecule has 3 aromatic rings. The number of hydrogen-bond donors (Lipinski definition) is 0. The summed E-state index contributed by atoms with van der Waals surface area (Å²) in [5.41, 5.74) is 3.35. The Labute approximate surface area is 199 Å². The van der Waals surface area contributed by atoms with Gasteiger partial charge < -0.3 is 9.64 Å². The summed E-state index contributed by atoms with van der Waals surface area (Å²) < 4.78 is 5.89. The summed E-state index contributed by atoms with van der Waals surface area (Å²) in [5, 5.41) is 2.29. The number of likely N-dealkylation sites (tertiary alicyclic amines) is 1. The van der Waals surface area contributed by atoms with Crippen molar-refractivity contribution in [2.24, 2.45) is 10.9 Å². The van der Waals surface area contributed by atoms with E-state index in [1.807, 2.05) is 32.3 Å². The summed E-state index contributed by atoms with van der Waals surface area (Å²) in [5.74, 6) is 1.13. The van der Waals surface area contributed by atoms with Crippen LogP contribution in [0.5, 0.6) is 11.8 Å². The number of amides is 1. The predicted molar refractivity (Wildman–Crippen MR) is 134 cm³/mol. The third-order valence-electron chi connectivity index (χ3n) is 6.51.